The van der Waals surface area contributed by atoms with Gasteiger partial charge in [-0.05, 0) is 17.7 Å². The third-order valence-corrected chi connectivity index (χ3v) is 2.98. The lowest BCUT2D eigenvalue weighted by atomic mass is 10.2. The van der Waals surface area contributed by atoms with E-state index in [-0.39, 0.29) is 0 Å². The molecule has 0 aliphatic rings. The van der Waals surface area contributed by atoms with Crippen molar-refractivity contribution in [1.29, 1.82) is 5.26 Å². The summed E-state index contributed by atoms with van der Waals surface area (Å²) in [7, 11) is 1.56. The number of halogens is 1. The predicted octanol–water partition coefficient (Wildman–Crippen LogP) is 2.65. The Bertz CT molecular complexity index is 554. The first-order chi connectivity index (χ1) is 8.28. The Balaban J connectivity index is 2.44. The van der Waals surface area contributed by atoms with Crippen LogP contribution in [0.5, 0.6) is 5.88 Å². The van der Waals surface area contributed by atoms with Crippen LogP contribution in [0.1, 0.15) is 11.3 Å². The highest BCUT2D eigenvalue weighted by Gasteiger charge is 2.09. The minimum Gasteiger partial charge on any atom is -0.481 e. The van der Waals surface area contributed by atoms with Crippen molar-refractivity contribution in [3.63, 3.8) is 0 Å². The van der Waals surface area contributed by atoms with Gasteiger partial charge in [-0.3, -0.25) is 0 Å². The van der Waals surface area contributed by atoms with E-state index in [0.717, 1.165) is 11.0 Å². The Morgan fingerprint density at radius 1 is 1.41 bits per heavy atom. The van der Waals surface area contributed by atoms with Crippen LogP contribution in [0, 0.1) is 11.3 Å². The summed E-state index contributed by atoms with van der Waals surface area (Å²) in [6, 6.07) is 11.5. The number of alkyl halides is 1. The number of ether oxygens (including phenoxy) is 1. The van der Waals surface area contributed by atoms with Gasteiger partial charge in [0.15, 0.2) is 5.69 Å². The maximum atomic E-state index is 8.81. The molecule has 5 heteroatoms. The molecule has 0 saturated heterocycles. The second-order valence-corrected chi connectivity index (χ2v) is 3.96. The van der Waals surface area contributed by atoms with Crippen LogP contribution in [0.2, 0.25) is 0 Å². The van der Waals surface area contributed by atoms with E-state index in [1.165, 1.54) is 5.56 Å². The van der Waals surface area contributed by atoms with Crippen molar-refractivity contribution in [2.24, 2.45) is 0 Å². The molecule has 0 saturated carbocycles. The summed E-state index contributed by atoms with van der Waals surface area (Å²) in [5, 5.41) is 13.8. The molecule has 0 fully saturated rings. The molecular weight excluding hydrogens is 282 g/mol. The number of nitrogens with zero attached hydrogens (tertiary/aromatic N) is 3. The summed E-state index contributed by atoms with van der Waals surface area (Å²) in [6.45, 7) is 0. The molecule has 0 atom stereocenters. The number of rotatable bonds is 3. The molecule has 0 amide bonds. The van der Waals surface area contributed by atoms with Crippen LogP contribution in [0.3, 0.4) is 0 Å². The van der Waals surface area contributed by atoms with Crippen LogP contribution < -0.4 is 4.74 Å². The summed E-state index contributed by atoms with van der Waals surface area (Å²) in [6.07, 6.45) is 0. The van der Waals surface area contributed by atoms with Gasteiger partial charge in [-0.1, -0.05) is 28.1 Å². The number of nitriles is 1. The first-order valence-corrected chi connectivity index (χ1v) is 6.10. The van der Waals surface area contributed by atoms with Gasteiger partial charge >= 0.3 is 0 Å². The van der Waals surface area contributed by atoms with E-state index >= 15 is 0 Å². The lowest BCUT2D eigenvalue weighted by Crippen LogP contribution is -1.99. The van der Waals surface area contributed by atoms with Crippen molar-refractivity contribution in [2.45, 2.75) is 5.33 Å². The largest absolute Gasteiger partial charge is 0.481 e. The summed E-state index contributed by atoms with van der Waals surface area (Å²) in [5.74, 6) is 0.549. The summed E-state index contributed by atoms with van der Waals surface area (Å²) < 4.78 is 6.79. The van der Waals surface area contributed by atoms with Crippen molar-refractivity contribution in [3.8, 4) is 17.6 Å². The van der Waals surface area contributed by atoms with E-state index in [0.29, 0.717) is 11.6 Å². The molecule has 1 heterocycles. The van der Waals surface area contributed by atoms with Gasteiger partial charge in [-0.25, -0.2) is 0 Å². The first kappa shape index (κ1) is 11.7. The average molecular weight is 292 g/mol. The lowest BCUT2D eigenvalue weighted by molar-refractivity contribution is 0.383. The van der Waals surface area contributed by atoms with Crippen LogP contribution in [-0.2, 0) is 5.33 Å². The van der Waals surface area contributed by atoms with Crippen LogP contribution >= 0.6 is 15.9 Å². The third-order valence-electron chi connectivity index (χ3n) is 2.34. The van der Waals surface area contributed by atoms with Gasteiger partial charge in [0.2, 0.25) is 5.88 Å². The van der Waals surface area contributed by atoms with Gasteiger partial charge < -0.3 is 4.74 Å². The van der Waals surface area contributed by atoms with Crippen LogP contribution in [0.25, 0.3) is 5.69 Å². The molecule has 1 aromatic carbocycles. The van der Waals surface area contributed by atoms with Gasteiger partial charge in [0.25, 0.3) is 0 Å². The minimum atomic E-state index is 0.339. The maximum Gasteiger partial charge on any atom is 0.217 e. The fourth-order valence-electron chi connectivity index (χ4n) is 1.48. The quantitative estimate of drug-likeness (QED) is 0.817. The molecule has 17 heavy (non-hydrogen) atoms. The number of methoxy groups -OCH3 is 1. The Morgan fingerprint density at radius 3 is 2.65 bits per heavy atom. The Hall–Kier alpha value is -1.80. The summed E-state index contributed by atoms with van der Waals surface area (Å²) in [5.41, 5.74) is 2.39. The highest BCUT2D eigenvalue weighted by Crippen LogP contribution is 2.19. The zero-order valence-corrected chi connectivity index (χ0v) is 10.8. The third kappa shape index (κ3) is 2.32. The standard InChI is InChI=1S/C12H10BrN3O/c1-17-12-6-10(8-14)15-16(12)11-4-2-9(7-13)3-5-11/h2-6H,7H2,1H3. The molecular formula is C12H10BrN3O. The van der Waals surface area contributed by atoms with E-state index in [1.54, 1.807) is 17.9 Å². The molecule has 2 rings (SSSR count). The molecule has 1 aromatic heterocycles. The predicted molar refractivity (Wildman–Crippen MR) is 67.5 cm³/mol. The van der Waals surface area contributed by atoms with Gasteiger partial charge in [-0.2, -0.15) is 15.0 Å². The zero-order chi connectivity index (χ0) is 12.3. The smallest absolute Gasteiger partial charge is 0.217 e. The molecule has 0 aliphatic heterocycles. The zero-order valence-electron chi connectivity index (χ0n) is 9.22. The average Bonchev–Trinajstić information content (AvgIpc) is 2.82. The van der Waals surface area contributed by atoms with Gasteiger partial charge in [0.05, 0.1) is 12.8 Å². The lowest BCUT2D eigenvalue weighted by Gasteiger charge is -2.06. The number of hydrogen-bond donors (Lipinski definition) is 0. The van der Waals surface area contributed by atoms with Crippen molar-refractivity contribution >= 4 is 15.9 Å². The number of benzene rings is 1. The van der Waals surface area contributed by atoms with Gasteiger partial charge in [0, 0.05) is 11.4 Å². The Kier molecular flexibility index (Phi) is 3.45. The van der Waals surface area contributed by atoms with E-state index in [4.69, 9.17) is 10.00 Å². The second-order valence-electron chi connectivity index (χ2n) is 3.40. The number of aromatic nitrogens is 2. The number of hydrogen-bond acceptors (Lipinski definition) is 3. The van der Waals surface area contributed by atoms with Crippen LogP contribution in [-0.4, -0.2) is 16.9 Å². The Morgan fingerprint density at radius 2 is 2.12 bits per heavy atom. The van der Waals surface area contributed by atoms with Crippen molar-refractivity contribution in [2.75, 3.05) is 7.11 Å². The monoisotopic (exact) mass is 291 g/mol. The molecule has 86 valence electrons. The SMILES string of the molecule is COc1cc(C#N)nn1-c1ccc(CBr)cc1. The van der Waals surface area contributed by atoms with Crippen molar-refractivity contribution in [3.05, 3.63) is 41.6 Å². The fourth-order valence-corrected chi connectivity index (χ4v) is 1.85. The highest BCUT2D eigenvalue weighted by atomic mass is 79.9. The first-order valence-electron chi connectivity index (χ1n) is 4.98. The fraction of sp³-hybridized carbons (Fsp3) is 0.167. The maximum absolute atomic E-state index is 8.81. The van der Waals surface area contributed by atoms with Crippen molar-refractivity contribution in [1.82, 2.24) is 9.78 Å². The minimum absolute atomic E-state index is 0.339. The summed E-state index contributed by atoms with van der Waals surface area (Å²) in [4.78, 5) is 0. The summed E-state index contributed by atoms with van der Waals surface area (Å²) >= 11 is 3.39. The topological polar surface area (TPSA) is 50.8 Å². The molecule has 0 aliphatic carbocycles. The molecule has 2 aromatic rings. The molecule has 0 spiro atoms. The van der Waals surface area contributed by atoms with E-state index < -0.39 is 0 Å². The van der Waals surface area contributed by atoms with Crippen LogP contribution in [0.15, 0.2) is 30.3 Å². The molecule has 0 N–H and O–H groups in total. The van der Waals surface area contributed by atoms with Gasteiger partial charge in [-0.15, -0.1) is 0 Å². The normalized spacial score (nSPS) is 9.94. The Labute approximate surface area is 108 Å². The van der Waals surface area contributed by atoms with Crippen LogP contribution in [0.4, 0.5) is 0 Å². The van der Waals surface area contributed by atoms with E-state index in [1.807, 2.05) is 30.3 Å². The molecule has 0 radical (unpaired) electrons. The van der Waals surface area contributed by atoms with E-state index in [2.05, 4.69) is 21.0 Å². The van der Waals surface area contributed by atoms with E-state index in [9.17, 15) is 0 Å². The molecule has 4 nitrogen and oxygen atoms in total. The highest BCUT2D eigenvalue weighted by molar-refractivity contribution is 9.08. The van der Waals surface area contributed by atoms with Crippen molar-refractivity contribution < 1.29 is 4.74 Å². The molecule has 0 bridgehead atoms. The van der Waals surface area contributed by atoms with Gasteiger partial charge in [0.1, 0.15) is 6.07 Å². The second kappa shape index (κ2) is 5.02. The molecule has 0 unspecified atom stereocenters.